The van der Waals surface area contributed by atoms with Crippen LogP contribution in [-0.2, 0) is 0 Å². The summed E-state index contributed by atoms with van der Waals surface area (Å²) in [6.07, 6.45) is 4.03. The smallest absolute Gasteiger partial charge is 0.0532 e. The summed E-state index contributed by atoms with van der Waals surface area (Å²) in [7, 11) is 1.91. The van der Waals surface area contributed by atoms with Gasteiger partial charge in [0.1, 0.15) is 0 Å². The van der Waals surface area contributed by atoms with Crippen molar-refractivity contribution >= 4 is 43.6 Å². The summed E-state index contributed by atoms with van der Waals surface area (Å²) in [5.41, 5.74) is 7.67. The van der Waals surface area contributed by atoms with Gasteiger partial charge < -0.3 is 11.1 Å². The largest absolute Gasteiger partial charge is 0.397 e. The van der Waals surface area contributed by atoms with Crippen molar-refractivity contribution in [3.63, 3.8) is 0 Å². The number of nitrogen functional groups attached to an aromatic ring is 1. The Morgan fingerprint density at radius 2 is 2.14 bits per heavy atom. The fraction of sp³-hybridized carbons (Fsp3) is 0.200. The molecule has 0 atom stereocenters. The molecular weight excluding hydrogens is 308 g/mol. The number of nitrogens with one attached hydrogen (secondary N) is 1. The van der Waals surface area contributed by atoms with Gasteiger partial charge in [0.05, 0.1) is 5.69 Å². The van der Waals surface area contributed by atoms with Gasteiger partial charge in [-0.1, -0.05) is 28.1 Å². The molecular formula is C10H12Br2N2. The highest BCUT2D eigenvalue weighted by Crippen LogP contribution is 2.28. The molecule has 0 aliphatic carbocycles. The van der Waals surface area contributed by atoms with E-state index in [0.717, 1.165) is 26.7 Å². The van der Waals surface area contributed by atoms with Gasteiger partial charge in [0.25, 0.3) is 0 Å². The Bertz CT molecular complexity index is 348. The quantitative estimate of drug-likeness (QED) is 0.840. The topological polar surface area (TPSA) is 38.0 Å². The van der Waals surface area contributed by atoms with Crippen LogP contribution in [0.1, 0.15) is 5.56 Å². The lowest BCUT2D eigenvalue weighted by atomic mass is 10.1. The van der Waals surface area contributed by atoms with Crippen LogP contribution in [0.5, 0.6) is 0 Å². The number of hydrogen-bond acceptors (Lipinski definition) is 2. The third kappa shape index (κ3) is 3.12. The lowest BCUT2D eigenvalue weighted by molar-refractivity contribution is 0.922. The third-order valence-electron chi connectivity index (χ3n) is 1.75. The Morgan fingerprint density at radius 3 is 2.79 bits per heavy atom. The second-order valence-corrected chi connectivity index (χ2v) is 4.62. The summed E-state index contributed by atoms with van der Waals surface area (Å²) in [5.74, 6) is 0. The van der Waals surface area contributed by atoms with Gasteiger partial charge in [-0.2, -0.15) is 0 Å². The fourth-order valence-electron chi connectivity index (χ4n) is 1.05. The molecule has 0 spiro atoms. The molecule has 76 valence electrons. The molecule has 2 nitrogen and oxygen atoms in total. The first-order valence-corrected chi connectivity index (χ1v) is 5.79. The summed E-state index contributed by atoms with van der Waals surface area (Å²) in [6.45, 7) is 0.837. The average Bonchev–Trinajstić information content (AvgIpc) is 2.13. The molecule has 0 amide bonds. The van der Waals surface area contributed by atoms with Gasteiger partial charge >= 0.3 is 0 Å². The first-order valence-electron chi connectivity index (χ1n) is 4.21. The Kier molecular flexibility index (Phi) is 4.65. The fourth-order valence-corrected chi connectivity index (χ4v) is 2.30. The molecule has 1 aromatic rings. The molecule has 0 radical (unpaired) electrons. The maximum Gasteiger partial charge on any atom is 0.0532 e. The molecule has 0 saturated heterocycles. The summed E-state index contributed by atoms with van der Waals surface area (Å²) >= 11 is 6.82. The van der Waals surface area contributed by atoms with Crippen molar-refractivity contribution in [1.29, 1.82) is 0 Å². The Morgan fingerprint density at radius 1 is 1.43 bits per heavy atom. The summed E-state index contributed by atoms with van der Waals surface area (Å²) in [4.78, 5) is 0. The van der Waals surface area contributed by atoms with Crippen molar-refractivity contribution in [2.75, 3.05) is 19.3 Å². The molecule has 0 aromatic heterocycles. The van der Waals surface area contributed by atoms with E-state index < -0.39 is 0 Å². The molecule has 0 heterocycles. The van der Waals surface area contributed by atoms with Crippen molar-refractivity contribution in [1.82, 2.24) is 5.32 Å². The number of rotatable bonds is 3. The summed E-state index contributed by atoms with van der Waals surface area (Å²) in [5, 5.41) is 3.04. The van der Waals surface area contributed by atoms with Gasteiger partial charge in [-0.25, -0.2) is 0 Å². The van der Waals surface area contributed by atoms with E-state index in [0.29, 0.717) is 0 Å². The highest BCUT2D eigenvalue weighted by Gasteiger charge is 2.01. The van der Waals surface area contributed by atoms with Crippen molar-refractivity contribution in [3.8, 4) is 0 Å². The van der Waals surface area contributed by atoms with E-state index >= 15 is 0 Å². The predicted molar refractivity (Wildman–Crippen MR) is 69.2 cm³/mol. The van der Waals surface area contributed by atoms with E-state index in [-0.39, 0.29) is 0 Å². The van der Waals surface area contributed by atoms with E-state index in [4.69, 9.17) is 5.73 Å². The molecule has 0 unspecified atom stereocenters. The van der Waals surface area contributed by atoms with Crippen LogP contribution in [0, 0.1) is 0 Å². The van der Waals surface area contributed by atoms with Crippen LogP contribution in [0.25, 0.3) is 6.08 Å². The number of halogens is 2. The SMILES string of the molecule is CNCC=Cc1cc(Br)cc(Br)c1N. The standard InChI is InChI=1S/C10H12Br2N2/c1-14-4-2-3-7-5-8(11)6-9(12)10(7)13/h2-3,5-6,14H,4,13H2,1H3. The second kappa shape index (κ2) is 5.53. The van der Waals surface area contributed by atoms with Crippen molar-refractivity contribution < 1.29 is 0 Å². The normalized spacial score (nSPS) is 11.1. The van der Waals surface area contributed by atoms with Crippen molar-refractivity contribution in [2.45, 2.75) is 0 Å². The lowest BCUT2D eigenvalue weighted by Crippen LogP contribution is -2.03. The van der Waals surface area contributed by atoms with E-state index in [1.807, 2.05) is 31.3 Å². The highest BCUT2D eigenvalue weighted by atomic mass is 79.9. The molecule has 3 N–H and O–H groups in total. The second-order valence-electron chi connectivity index (χ2n) is 2.85. The average molecular weight is 320 g/mol. The van der Waals surface area contributed by atoms with Crippen LogP contribution in [0.2, 0.25) is 0 Å². The zero-order chi connectivity index (χ0) is 10.6. The number of nitrogens with two attached hydrogens (primary N) is 1. The zero-order valence-electron chi connectivity index (χ0n) is 7.85. The number of anilines is 1. The highest BCUT2D eigenvalue weighted by molar-refractivity contribution is 9.11. The molecule has 1 rings (SSSR count). The minimum atomic E-state index is 0.764. The van der Waals surface area contributed by atoms with Gasteiger partial charge in [0, 0.05) is 15.5 Å². The zero-order valence-corrected chi connectivity index (χ0v) is 11.0. The van der Waals surface area contributed by atoms with Crippen LogP contribution in [0.3, 0.4) is 0 Å². The molecule has 0 bridgehead atoms. The van der Waals surface area contributed by atoms with Crippen LogP contribution in [-0.4, -0.2) is 13.6 Å². The number of hydrogen-bond donors (Lipinski definition) is 2. The Balaban J connectivity index is 2.96. The molecule has 0 saturated carbocycles. The number of likely N-dealkylation sites (N-methyl/N-ethyl adjacent to an activating group) is 1. The number of benzene rings is 1. The Hall–Kier alpha value is -0.320. The van der Waals surface area contributed by atoms with E-state index in [1.165, 1.54) is 0 Å². The van der Waals surface area contributed by atoms with Gasteiger partial charge in [-0.15, -0.1) is 0 Å². The maximum atomic E-state index is 5.89. The van der Waals surface area contributed by atoms with Crippen molar-refractivity contribution in [3.05, 3.63) is 32.7 Å². The van der Waals surface area contributed by atoms with Crippen molar-refractivity contribution in [2.24, 2.45) is 0 Å². The van der Waals surface area contributed by atoms with E-state index in [2.05, 4.69) is 37.2 Å². The van der Waals surface area contributed by atoms with Gasteiger partial charge in [-0.3, -0.25) is 0 Å². The van der Waals surface area contributed by atoms with E-state index in [1.54, 1.807) is 0 Å². The molecule has 0 aliphatic heterocycles. The molecule has 14 heavy (non-hydrogen) atoms. The minimum Gasteiger partial charge on any atom is -0.397 e. The first kappa shape index (κ1) is 11.8. The van der Waals surface area contributed by atoms with Gasteiger partial charge in [-0.05, 0) is 40.7 Å². The van der Waals surface area contributed by atoms with Gasteiger partial charge in [0.15, 0.2) is 0 Å². The predicted octanol–water partition coefficient (Wildman–Crippen LogP) is 3.03. The lowest BCUT2D eigenvalue weighted by Gasteiger charge is -2.04. The van der Waals surface area contributed by atoms with Crippen LogP contribution >= 0.6 is 31.9 Å². The monoisotopic (exact) mass is 318 g/mol. The maximum absolute atomic E-state index is 5.89. The van der Waals surface area contributed by atoms with E-state index in [9.17, 15) is 0 Å². The minimum absolute atomic E-state index is 0.764. The Labute approximate surface area is 101 Å². The van der Waals surface area contributed by atoms with Crippen LogP contribution in [0.4, 0.5) is 5.69 Å². The summed E-state index contributed by atoms with van der Waals surface area (Å²) in [6, 6.07) is 3.93. The molecule has 4 heteroatoms. The first-order chi connectivity index (χ1) is 6.65. The molecule has 0 aliphatic rings. The van der Waals surface area contributed by atoms with Gasteiger partial charge in [0.2, 0.25) is 0 Å². The summed E-state index contributed by atoms with van der Waals surface area (Å²) < 4.78 is 1.93. The third-order valence-corrected chi connectivity index (χ3v) is 2.86. The molecule has 1 aromatic carbocycles. The van der Waals surface area contributed by atoms with Crippen LogP contribution in [0.15, 0.2) is 27.2 Å². The molecule has 0 fully saturated rings. The van der Waals surface area contributed by atoms with Crippen LogP contribution < -0.4 is 11.1 Å².